The first-order valence-electron chi connectivity index (χ1n) is 7.86. The van der Waals surface area contributed by atoms with E-state index in [1.165, 1.54) is 0 Å². The van der Waals surface area contributed by atoms with Crippen molar-refractivity contribution in [1.29, 1.82) is 0 Å². The van der Waals surface area contributed by atoms with E-state index in [0.717, 1.165) is 35.2 Å². The summed E-state index contributed by atoms with van der Waals surface area (Å²) >= 11 is 3.55. The summed E-state index contributed by atoms with van der Waals surface area (Å²) < 4.78 is 11.6. The van der Waals surface area contributed by atoms with Gasteiger partial charge in [0.1, 0.15) is 11.4 Å². The summed E-state index contributed by atoms with van der Waals surface area (Å²) in [5, 5.41) is 6.47. The molecule has 1 saturated carbocycles. The van der Waals surface area contributed by atoms with Crippen LogP contribution < -0.4 is 15.4 Å². The first-order valence-corrected chi connectivity index (χ1v) is 8.66. The average Bonchev–Trinajstić information content (AvgIpc) is 2.86. The lowest BCUT2D eigenvalue weighted by atomic mass is 10.2. The van der Waals surface area contributed by atoms with Gasteiger partial charge in [-0.15, -0.1) is 0 Å². The highest BCUT2D eigenvalue weighted by atomic mass is 79.9. The van der Waals surface area contributed by atoms with E-state index in [-0.39, 0.29) is 12.1 Å². The van der Waals surface area contributed by atoms with Crippen LogP contribution >= 0.6 is 15.9 Å². The maximum Gasteiger partial charge on any atom is 0.407 e. The molecule has 2 unspecified atom stereocenters. The maximum absolute atomic E-state index is 11.8. The third-order valence-electron chi connectivity index (χ3n) is 3.69. The zero-order valence-electron chi connectivity index (χ0n) is 14.1. The van der Waals surface area contributed by atoms with Gasteiger partial charge in [0.2, 0.25) is 0 Å². The van der Waals surface area contributed by atoms with Gasteiger partial charge >= 0.3 is 6.09 Å². The molecule has 23 heavy (non-hydrogen) atoms. The largest absolute Gasteiger partial charge is 0.497 e. The number of halogens is 1. The number of hydrogen-bond acceptors (Lipinski definition) is 4. The fraction of sp³-hybridized carbons (Fsp3) is 0.588. The molecular weight excluding hydrogens is 360 g/mol. The van der Waals surface area contributed by atoms with Crippen molar-refractivity contribution >= 4 is 27.7 Å². The standard InChI is InChI=1S/C17H25BrN2O3/c1-17(2,3)23-16(21)20-12-6-5-11(9-12)19-15-10-13(22-4)7-8-14(15)18/h7-8,10-12,19H,5-6,9H2,1-4H3,(H,20,21). The minimum absolute atomic E-state index is 0.145. The van der Waals surface area contributed by atoms with Crippen LogP contribution in [0.1, 0.15) is 40.0 Å². The predicted molar refractivity (Wildman–Crippen MR) is 95.1 cm³/mol. The smallest absolute Gasteiger partial charge is 0.407 e. The van der Waals surface area contributed by atoms with E-state index in [4.69, 9.17) is 9.47 Å². The highest BCUT2D eigenvalue weighted by Gasteiger charge is 2.28. The number of nitrogens with one attached hydrogen (secondary N) is 2. The van der Waals surface area contributed by atoms with Gasteiger partial charge < -0.3 is 20.1 Å². The van der Waals surface area contributed by atoms with Crippen molar-refractivity contribution < 1.29 is 14.3 Å². The van der Waals surface area contributed by atoms with E-state index in [2.05, 4.69) is 26.6 Å². The maximum atomic E-state index is 11.8. The fourth-order valence-corrected chi connectivity index (χ4v) is 3.04. The molecule has 1 fully saturated rings. The second-order valence-electron chi connectivity index (χ2n) is 6.84. The van der Waals surface area contributed by atoms with Crippen molar-refractivity contribution in [3.8, 4) is 5.75 Å². The minimum Gasteiger partial charge on any atom is -0.497 e. The Morgan fingerprint density at radius 3 is 2.61 bits per heavy atom. The Labute approximate surface area is 146 Å². The number of amides is 1. The van der Waals surface area contributed by atoms with Crippen molar-refractivity contribution in [2.45, 2.75) is 57.7 Å². The number of methoxy groups -OCH3 is 1. The summed E-state index contributed by atoms with van der Waals surface area (Å²) in [7, 11) is 1.66. The summed E-state index contributed by atoms with van der Waals surface area (Å²) in [5.74, 6) is 0.817. The minimum atomic E-state index is -0.466. The lowest BCUT2D eigenvalue weighted by Gasteiger charge is -2.22. The van der Waals surface area contributed by atoms with Gasteiger partial charge in [-0.3, -0.25) is 0 Å². The molecule has 0 aromatic heterocycles. The summed E-state index contributed by atoms with van der Waals surface area (Å²) in [6.07, 6.45) is 2.48. The van der Waals surface area contributed by atoms with Crippen LogP contribution in [0.25, 0.3) is 0 Å². The van der Waals surface area contributed by atoms with Gasteiger partial charge in [-0.05, 0) is 68.1 Å². The van der Waals surface area contributed by atoms with Crippen LogP contribution in [0.3, 0.4) is 0 Å². The fourth-order valence-electron chi connectivity index (χ4n) is 2.68. The van der Waals surface area contributed by atoms with Crippen LogP contribution in [-0.4, -0.2) is 30.9 Å². The topological polar surface area (TPSA) is 59.6 Å². The SMILES string of the molecule is COc1ccc(Br)c(NC2CCC(NC(=O)OC(C)(C)C)C2)c1. The van der Waals surface area contributed by atoms with E-state index < -0.39 is 5.60 Å². The van der Waals surface area contributed by atoms with Crippen molar-refractivity contribution in [1.82, 2.24) is 5.32 Å². The van der Waals surface area contributed by atoms with Crippen molar-refractivity contribution in [3.63, 3.8) is 0 Å². The third-order valence-corrected chi connectivity index (χ3v) is 4.38. The van der Waals surface area contributed by atoms with Gasteiger partial charge in [0.15, 0.2) is 0 Å². The monoisotopic (exact) mass is 384 g/mol. The summed E-state index contributed by atoms with van der Waals surface area (Å²) in [6.45, 7) is 5.60. The predicted octanol–water partition coefficient (Wildman–Crippen LogP) is 4.32. The van der Waals surface area contributed by atoms with E-state index >= 15 is 0 Å². The van der Waals surface area contributed by atoms with Crippen LogP contribution in [0.4, 0.5) is 10.5 Å². The van der Waals surface area contributed by atoms with Gasteiger partial charge in [-0.1, -0.05) is 0 Å². The van der Waals surface area contributed by atoms with Gasteiger partial charge in [0.25, 0.3) is 0 Å². The molecule has 0 saturated heterocycles. The normalized spacial score (nSPS) is 20.9. The van der Waals surface area contributed by atoms with E-state index in [1.54, 1.807) is 7.11 Å². The lowest BCUT2D eigenvalue weighted by molar-refractivity contribution is 0.0505. The molecule has 2 atom stereocenters. The summed E-state index contributed by atoms with van der Waals surface area (Å²) in [4.78, 5) is 11.8. The molecule has 2 N–H and O–H groups in total. The van der Waals surface area contributed by atoms with Gasteiger partial charge in [-0.2, -0.15) is 0 Å². The molecule has 1 aromatic carbocycles. The quantitative estimate of drug-likeness (QED) is 0.811. The molecule has 5 nitrogen and oxygen atoms in total. The molecular formula is C17H25BrN2O3. The highest BCUT2D eigenvalue weighted by molar-refractivity contribution is 9.10. The molecule has 1 aliphatic rings. The molecule has 2 rings (SSSR count). The molecule has 1 aromatic rings. The number of alkyl carbamates (subject to hydrolysis) is 1. The highest BCUT2D eigenvalue weighted by Crippen LogP contribution is 2.31. The van der Waals surface area contributed by atoms with Crippen LogP contribution in [0, 0.1) is 0 Å². The molecule has 128 valence electrons. The number of anilines is 1. The van der Waals surface area contributed by atoms with Crippen molar-refractivity contribution in [2.24, 2.45) is 0 Å². The van der Waals surface area contributed by atoms with Crippen LogP contribution in [0.5, 0.6) is 5.75 Å². The van der Waals surface area contributed by atoms with Gasteiger partial charge in [-0.25, -0.2) is 4.79 Å². The Balaban J connectivity index is 1.87. The lowest BCUT2D eigenvalue weighted by Crippen LogP contribution is -2.38. The van der Waals surface area contributed by atoms with Gasteiger partial charge in [0, 0.05) is 22.6 Å². The van der Waals surface area contributed by atoms with E-state index in [1.807, 2.05) is 39.0 Å². The number of ether oxygens (including phenoxy) is 2. The van der Waals surface area contributed by atoms with Crippen molar-refractivity contribution in [2.75, 3.05) is 12.4 Å². The Morgan fingerprint density at radius 1 is 1.26 bits per heavy atom. The zero-order chi connectivity index (χ0) is 17.0. The zero-order valence-corrected chi connectivity index (χ0v) is 15.7. The molecule has 0 heterocycles. The number of rotatable bonds is 4. The number of carbonyl (C=O) groups is 1. The number of hydrogen-bond donors (Lipinski definition) is 2. The van der Waals surface area contributed by atoms with Crippen LogP contribution in [0.15, 0.2) is 22.7 Å². The van der Waals surface area contributed by atoms with Crippen LogP contribution in [-0.2, 0) is 4.74 Å². The molecule has 6 heteroatoms. The van der Waals surface area contributed by atoms with Crippen molar-refractivity contribution in [3.05, 3.63) is 22.7 Å². The summed E-state index contributed by atoms with van der Waals surface area (Å²) in [6, 6.07) is 6.31. The number of carbonyl (C=O) groups excluding carboxylic acids is 1. The molecule has 0 aliphatic heterocycles. The molecule has 0 bridgehead atoms. The molecule has 0 radical (unpaired) electrons. The molecule has 1 amide bonds. The Hall–Kier alpha value is -1.43. The Kier molecular flexibility index (Phi) is 5.79. The average molecular weight is 385 g/mol. The Morgan fingerprint density at radius 2 is 1.96 bits per heavy atom. The molecule has 0 spiro atoms. The third kappa shape index (κ3) is 5.61. The second-order valence-corrected chi connectivity index (χ2v) is 7.70. The van der Waals surface area contributed by atoms with E-state index in [0.29, 0.717) is 6.04 Å². The molecule has 1 aliphatic carbocycles. The van der Waals surface area contributed by atoms with Crippen LogP contribution in [0.2, 0.25) is 0 Å². The first kappa shape index (κ1) is 17.9. The second kappa shape index (κ2) is 7.43. The Bertz CT molecular complexity index is 557. The summed E-state index contributed by atoms with van der Waals surface area (Å²) in [5.41, 5.74) is 0.540. The van der Waals surface area contributed by atoms with E-state index in [9.17, 15) is 4.79 Å². The van der Waals surface area contributed by atoms with Gasteiger partial charge in [0.05, 0.1) is 12.8 Å². The first-order chi connectivity index (χ1) is 10.8. The number of benzene rings is 1.